The van der Waals surface area contributed by atoms with Crippen LogP contribution >= 0.6 is 0 Å². The molecule has 0 aliphatic heterocycles. The van der Waals surface area contributed by atoms with Gasteiger partial charge in [0.25, 0.3) is 0 Å². The van der Waals surface area contributed by atoms with Crippen LogP contribution in [0.3, 0.4) is 0 Å². The molecule has 3 N–H and O–H groups in total. The lowest BCUT2D eigenvalue weighted by atomic mass is 10.2. The Morgan fingerprint density at radius 1 is 1.31 bits per heavy atom. The molecule has 1 aromatic carbocycles. The van der Waals surface area contributed by atoms with Gasteiger partial charge in [-0.05, 0) is 6.07 Å². The Balaban J connectivity index is 2.30. The summed E-state index contributed by atoms with van der Waals surface area (Å²) in [7, 11) is 0. The SMILES string of the molecule is Nc1cncnc1Oc1ccccc1CO. The summed E-state index contributed by atoms with van der Waals surface area (Å²) >= 11 is 0. The van der Waals surface area contributed by atoms with Crippen molar-refractivity contribution in [1.82, 2.24) is 9.97 Å². The van der Waals surface area contributed by atoms with Crippen LogP contribution in [0.5, 0.6) is 11.6 Å². The number of nitrogens with zero attached hydrogens (tertiary/aromatic N) is 2. The number of anilines is 1. The fraction of sp³-hybridized carbons (Fsp3) is 0.0909. The van der Waals surface area contributed by atoms with Crippen molar-refractivity contribution in [2.75, 3.05) is 5.73 Å². The monoisotopic (exact) mass is 217 g/mol. The largest absolute Gasteiger partial charge is 0.437 e. The maximum Gasteiger partial charge on any atom is 0.245 e. The van der Waals surface area contributed by atoms with Crippen LogP contribution in [0.2, 0.25) is 0 Å². The average Bonchev–Trinajstić information content (AvgIpc) is 2.33. The number of hydrogen-bond acceptors (Lipinski definition) is 5. The lowest BCUT2D eigenvalue weighted by Crippen LogP contribution is -1.97. The first kappa shape index (κ1) is 10.4. The maximum atomic E-state index is 9.12. The standard InChI is InChI=1S/C11H11N3O2/c12-9-5-13-7-14-11(9)16-10-4-2-1-3-8(10)6-15/h1-5,7,15H,6,12H2. The number of hydrogen-bond donors (Lipinski definition) is 2. The number of nitrogen functional groups attached to an aromatic ring is 1. The fourth-order valence-corrected chi connectivity index (χ4v) is 1.25. The number of aromatic nitrogens is 2. The molecule has 0 saturated carbocycles. The van der Waals surface area contributed by atoms with Crippen molar-refractivity contribution in [2.24, 2.45) is 0 Å². The lowest BCUT2D eigenvalue weighted by Gasteiger charge is -2.09. The van der Waals surface area contributed by atoms with E-state index in [9.17, 15) is 0 Å². The van der Waals surface area contributed by atoms with Gasteiger partial charge in [-0.2, -0.15) is 4.98 Å². The molecule has 0 bridgehead atoms. The molecular weight excluding hydrogens is 206 g/mol. The van der Waals surface area contributed by atoms with E-state index in [0.29, 0.717) is 17.0 Å². The molecule has 0 radical (unpaired) electrons. The van der Waals surface area contributed by atoms with Crippen LogP contribution in [0.4, 0.5) is 5.69 Å². The van der Waals surface area contributed by atoms with Crippen LogP contribution in [0.15, 0.2) is 36.8 Å². The third kappa shape index (κ3) is 2.09. The van der Waals surface area contributed by atoms with E-state index in [0.717, 1.165) is 0 Å². The van der Waals surface area contributed by atoms with Gasteiger partial charge in [0.15, 0.2) is 0 Å². The van der Waals surface area contributed by atoms with Gasteiger partial charge in [-0.15, -0.1) is 0 Å². The molecule has 82 valence electrons. The second kappa shape index (κ2) is 4.59. The van der Waals surface area contributed by atoms with Crippen LogP contribution < -0.4 is 10.5 Å². The van der Waals surface area contributed by atoms with Crippen LogP contribution in [0, 0.1) is 0 Å². The number of aliphatic hydroxyl groups excluding tert-OH is 1. The lowest BCUT2D eigenvalue weighted by molar-refractivity contribution is 0.276. The Bertz CT molecular complexity index is 488. The highest BCUT2D eigenvalue weighted by Crippen LogP contribution is 2.26. The zero-order valence-corrected chi connectivity index (χ0v) is 8.50. The molecule has 0 saturated heterocycles. The first-order valence-corrected chi connectivity index (χ1v) is 4.73. The normalized spacial score (nSPS) is 10.1. The Labute approximate surface area is 92.5 Å². The van der Waals surface area contributed by atoms with Crippen molar-refractivity contribution in [1.29, 1.82) is 0 Å². The number of benzene rings is 1. The topological polar surface area (TPSA) is 81.3 Å². The molecule has 0 fully saturated rings. The number of rotatable bonds is 3. The van der Waals surface area contributed by atoms with E-state index in [1.54, 1.807) is 12.1 Å². The second-order valence-electron chi connectivity index (χ2n) is 3.15. The third-order valence-electron chi connectivity index (χ3n) is 2.05. The van der Waals surface area contributed by atoms with Crippen molar-refractivity contribution in [2.45, 2.75) is 6.61 Å². The molecule has 1 aromatic heterocycles. The Kier molecular flexibility index (Phi) is 2.98. The van der Waals surface area contributed by atoms with Gasteiger partial charge in [0.1, 0.15) is 17.8 Å². The summed E-state index contributed by atoms with van der Waals surface area (Å²) in [5.74, 6) is 0.825. The highest BCUT2D eigenvalue weighted by atomic mass is 16.5. The van der Waals surface area contributed by atoms with Crippen molar-refractivity contribution < 1.29 is 9.84 Å². The molecule has 2 aromatic rings. The molecule has 0 spiro atoms. The minimum Gasteiger partial charge on any atom is -0.437 e. The third-order valence-corrected chi connectivity index (χ3v) is 2.05. The molecule has 0 aliphatic carbocycles. The van der Waals surface area contributed by atoms with E-state index in [1.807, 2.05) is 12.1 Å². The van der Waals surface area contributed by atoms with Gasteiger partial charge in [0.2, 0.25) is 5.88 Å². The van der Waals surface area contributed by atoms with E-state index < -0.39 is 0 Å². The minimum absolute atomic E-state index is 0.0961. The number of ether oxygens (including phenoxy) is 1. The average molecular weight is 217 g/mol. The minimum atomic E-state index is -0.0961. The second-order valence-corrected chi connectivity index (χ2v) is 3.15. The molecule has 0 atom stereocenters. The summed E-state index contributed by atoms with van der Waals surface area (Å²) < 4.78 is 5.50. The van der Waals surface area contributed by atoms with Crippen LogP contribution in [0.25, 0.3) is 0 Å². The number of aliphatic hydroxyl groups is 1. The first-order valence-electron chi connectivity index (χ1n) is 4.73. The van der Waals surface area contributed by atoms with Crippen LogP contribution in [-0.2, 0) is 6.61 Å². The predicted octanol–water partition coefficient (Wildman–Crippen LogP) is 1.34. The highest BCUT2D eigenvalue weighted by molar-refractivity contribution is 5.48. The fourth-order valence-electron chi connectivity index (χ4n) is 1.25. The van der Waals surface area contributed by atoms with Gasteiger partial charge in [0.05, 0.1) is 12.8 Å². The summed E-state index contributed by atoms with van der Waals surface area (Å²) in [6.45, 7) is -0.0961. The summed E-state index contributed by atoms with van der Waals surface area (Å²) in [5, 5.41) is 9.12. The van der Waals surface area contributed by atoms with E-state index >= 15 is 0 Å². The van der Waals surface area contributed by atoms with Gasteiger partial charge in [0, 0.05) is 5.56 Å². The van der Waals surface area contributed by atoms with Crippen molar-refractivity contribution in [3.63, 3.8) is 0 Å². The molecule has 0 unspecified atom stereocenters. The molecule has 5 nitrogen and oxygen atoms in total. The van der Waals surface area contributed by atoms with Gasteiger partial charge in [-0.3, -0.25) is 0 Å². The van der Waals surface area contributed by atoms with Crippen molar-refractivity contribution >= 4 is 5.69 Å². The Morgan fingerprint density at radius 2 is 2.12 bits per heavy atom. The quantitative estimate of drug-likeness (QED) is 0.810. The highest BCUT2D eigenvalue weighted by Gasteiger charge is 2.06. The van der Waals surface area contributed by atoms with Crippen LogP contribution in [0.1, 0.15) is 5.56 Å². The zero-order valence-electron chi connectivity index (χ0n) is 8.50. The number of nitrogens with two attached hydrogens (primary N) is 1. The summed E-state index contributed by atoms with van der Waals surface area (Å²) in [6, 6.07) is 7.15. The molecule has 0 aliphatic rings. The van der Waals surface area contributed by atoms with E-state index in [1.165, 1.54) is 12.5 Å². The number of para-hydroxylation sites is 1. The predicted molar refractivity (Wildman–Crippen MR) is 58.9 cm³/mol. The summed E-state index contributed by atoms with van der Waals surface area (Å²) in [5.41, 5.74) is 6.69. The molecule has 1 heterocycles. The molecule has 2 rings (SSSR count). The van der Waals surface area contributed by atoms with Gasteiger partial charge >= 0.3 is 0 Å². The van der Waals surface area contributed by atoms with Gasteiger partial charge in [-0.25, -0.2) is 4.98 Å². The molecule has 5 heteroatoms. The Morgan fingerprint density at radius 3 is 2.88 bits per heavy atom. The first-order chi connectivity index (χ1) is 7.81. The van der Waals surface area contributed by atoms with Gasteiger partial charge in [-0.1, -0.05) is 18.2 Å². The van der Waals surface area contributed by atoms with Gasteiger partial charge < -0.3 is 15.6 Å². The summed E-state index contributed by atoms with van der Waals surface area (Å²) in [4.78, 5) is 7.67. The van der Waals surface area contributed by atoms with E-state index in [4.69, 9.17) is 15.6 Å². The van der Waals surface area contributed by atoms with E-state index in [-0.39, 0.29) is 12.5 Å². The smallest absolute Gasteiger partial charge is 0.245 e. The van der Waals surface area contributed by atoms with E-state index in [2.05, 4.69) is 9.97 Å². The maximum absolute atomic E-state index is 9.12. The zero-order chi connectivity index (χ0) is 11.4. The molecule has 0 amide bonds. The van der Waals surface area contributed by atoms with Crippen LogP contribution in [-0.4, -0.2) is 15.1 Å². The summed E-state index contributed by atoms with van der Waals surface area (Å²) in [6.07, 6.45) is 2.82. The van der Waals surface area contributed by atoms with Crippen molar-refractivity contribution in [3.8, 4) is 11.6 Å². The molecule has 16 heavy (non-hydrogen) atoms. The van der Waals surface area contributed by atoms with Crippen molar-refractivity contribution in [3.05, 3.63) is 42.4 Å². The molecular formula is C11H11N3O2. The Hall–Kier alpha value is -2.14.